The van der Waals surface area contributed by atoms with Gasteiger partial charge in [0.1, 0.15) is 13.2 Å². The smallest absolute Gasteiger partial charge is 0.361 e. The van der Waals surface area contributed by atoms with Crippen molar-refractivity contribution in [2.75, 3.05) is 47.5 Å². The van der Waals surface area contributed by atoms with E-state index in [0.29, 0.717) is 17.4 Å². The second kappa shape index (κ2) is 61.0. The van der Waals surface area contributed by atoms with Gasteiger partial charge in [-0.15, -0.1) is 0 Å². The van der Waals surface area contributed by atoms with E-state index in [0.717, 1.165) is 141 Å². The minimum absolute atomic E-state index is 0.174. The van der Waals surface area contributed by atoms with Crippen molar-refractivity contribution in [1.29, 1.82) is 0 Å². The molecule has 0 heterocycles. The normalized spacial score (nSPS) is 13.8. The predicted octanol–water partition coefficient (Wildman–Crippen LogP) is 19.3. The summed E-state index contributed by atoms with van der Waals surface area (Å²) in [5, 5.41) is 9.71. The third-order valence-electron chi connectivity index (χ3n) is 12.8. The summed E-state index contributed by atoms with van der Waals surface area (Å²) < 4.78 is 22.8. The molecule has 0 rings (SSSR count). The van der Waals surface area contributed by atoms with Gasteiger partial charge in [0.2, 0.25) is 0 Å². The lowest BCUT2D eigenvalue weighted by molar-refractivity contribution is -0.870. The lowest BCUT2D eigenvalue weighted by Crippen LogP contribution is -2.40. The highest BCUT2D eigenvalue weighted by Gasteiger charge is 2.25. The Balaban J connectivity index is 4.26. The molecule has 0 aliphatic carbocycles. The van der Waals surface area contributed by atoms with Crippen molar-refractivity contribution < 1.29 is 42.9 Å². The largest absolute Gasteiger partial charge is 0.477 e. The van der Waals surface area contributed by atoms with Gasteiger partial charge >= 0.3 is 17.9 Å². The topological polar surface area (TPSA) is 108 Å². The number of unbranched alkanes of at least 4 members (excludes halogenated alkanes) is 15. The molecular formula is C72H116NO8+. The van der Waals surface area contributed by atoms with Gasteiger partial charge in [-0.3, -0.25) is 9.59 Å². The Hall–Kier alpha value is -5.09. The Bertz CT molecular complexity index is 1880. The van der Waals surface area contributed by atoms with Crippen LogP contribution in [0.4, 0.5) is 0 Å². The molecule has 9 nitrogen and oxygen atoms in total. The number of ether oxygens (including phenoxy) is 4. The van der Waals surface area contributed by atoms with Gasteiger partial charge in [-0.05, 0) is 128 Å². The lowest BCUT2D eigenvalue weighted by Gasteiger charge is -2.25. The van der Waals surface area contributed by atoms with Crippen LogP contribution in [0, 0.1) is 0 Å². The maximum atomic E-state index is 12.9. The van der Waals surface area contributed by atoms with Gasteiger partial charge < -0.3 is 28.5 Å². The molecule has 2 unspecified atom stereocenters. The Morgan fingerprint density at radius 2 is 0.704 bits per heavy atom. The highest BCUT2D eigenvalue weighted by molar-refractivity contribution is 5.71. The fourth-order valence-electron chi connectivity index (χ4n) is 7.93. The molecule has 0 aromatic heterocycles. The Labute approximate surface area is 495 Å². The number of allylic oxidation sites excluding steroid dienone is 26. The molecule has 81 heavy (non-hydrogen) atoms. The molecule has 0 fully saturated rings. The quantitative estimate of drug-likeness (QED) is 0.0211. The molecule has 0 aromatic rings. The number of esters is 2. The van der Waals surface area contributed by atoms with Gasteiger partial charge in [-0.1, -0.05) is 236 Å². The second-order valence-corrected chi connectivity index (χ2v) is 21.6. The summed E-state index contributed by atoms with van der Waals surface area (Å²) in [6.07, 6.45) is 87.6. The van der Waals surface area contributed by atoms with Gasteiger partial charge in [0.25, 0.3) is 6.29 Å². The number of quaternary nitrogens is 1. The zero-order chi connectivity index (χ0) is 59.1. The number of likely N-dealkylation sites (N-methyl/N-ethyl adjacent to an activating group) is 1. The number of carbonyl (C=O) groups excluding carboxylic acids is 2. The van der Waals surface area contributed by atoms with Crippen molar-refractivity contribution in [3.8, 4) is 0 Å². The van der Waals surface area contributed by atoms with E-state index in [1.165, 1.54) is 44.9 Å². The van der Waals surface area contributed by atoms with Crippen LogP contribution in [0.5, 0.6) is 0 Å². The summed E-state index contributed by atoms with van der Waals surface area (Å²) in [7, 11) is 5.95. The van der Waals surface area contributed by atoms with E-state index in [-0.39, 0.29) is 38.6 Å². The summed E-state index contributed by atoms with van der Waals surface area (Å²) in [6, 6.07) is 0. The molecule has 2 atom stereocenters. The van der Waals surface area contributed by atoms with Crippen LogP contribution in [-0.4, -0.2) is 87.4 Å². The third kappa shape index (κ3) is 62.4. The van der Waals surface area contributed by atoms with Crippen LogP contribution in [-0.2, 0) is 33.3 Å². The summed E-state index contributed by atoms with van der Waals surface area (Å²) >= 11 is 0. The van der Waals surface area contributed by atoms with E-state index < -0.39 is 24.3 Å². The molecule has 0 aliphatic rings. The molecule has 0 radical (unpaired) electrons. The number of hydrogen-bond donors (Lipinski definition) is 1. The molecule has 0 aromatic carbocycles. The highest BCUT2D eigenvalue weighted by atomic mass is 16.7. The van der Waals surface area contributed by atoms with Crippen LogP contribution in [0.1, 0.15) is 219 Å². The molecular weight excluding hydrogens is 1010 g/mol. The number of nitrogens with zero attached hydrogens (tertiary/aromatic N) is 1. The lowest BCUT2D eigenvalue weighted by atomic mass is 10.1. The van der Waals surface area contributed by atoms with Gasteiger partial charge in [0, 0.05) is 12.8 Å². The Morgan fingerprint density at radius 1 is 0.383 bits per heavy atom. The first-order chi connectivity index (χ1) is 39.6. The first-order valence-corrected chi connectivity index (χ1v) is 31.6. The van der Waals surface area contributed by atoms with Crippen molar-refractivity contribution in [1.82, 2.24) is 0 Å². The molecule has 0 aliphatic heterocycles. The first-order valence-electron chi connectivity index (χ1n) is 31.6. The van der Waals surface area contributed by atoms with E-state index in [9.17, 15) is 19.5 Å². The average Bonchev–Trinajstić information content (AvgIpc) is 3.44. The fraction of sp³-hybridized carbons (Fsp3) is 0.597. The average molecular weight is 1120 g/mol. The summed E-state index contributed by atoms with van der Waals surface area (Å²) in [5.74, 6) is -2.06. The van der Waals surface area contributed by atoms with Crippen LogP contribution in [0.25, 0.3) is 0 Å². The maximum absolute atomic E-state index is 12.9. The maximum Gasteiger partial charge on any atom is 0.361 e. The highest BCUT2D eigenvalue weighted by Crippen LogP contribution is 2.14. The Morgan fingerprint density at radius 3 is 1.05 bits per heavy atom. The van der Waals surface area contributed by atoms with Crippen molar-refractivity contribution in [2.24, 2.45) is 0 Å². The minimum atomic E-state index is -1.53. The van der Waals surface area contributed by atoms with Crippen molar-refractivity contribution in [3.63, 3.8) is 0 Å². The molecule has 0 spiro atoms. The van der Waals surface area contributed by atoms with Crippen molar-refractivity contribution >= 4 is 17.9 Å². The first kappa shape index (κ1) is 75.9. The summed E-state index contributed by atoms with van der Waals surface area (Å²) in [5.41, 5.74) is 0. The number of carbonyl (C=O) groups is 3. The van der Waals surface area contributed by atoms with E-state index in [4.69, 9.17) is 18.9 Å². The number of rotatable bonds is 56. The van der Waals surface area contributed by atoms with E-state index >= 15 is 0 Å². The molecule has 0 bridgehead atoms. The van der Waals surface area contributed by atoms with Crippen LogP contribution < -0.4 is 0 Å². The second-order valence-electron chi connectivity index (χ2n) is 21.6. The molecule has 456 valence electrons. The van der Waals surface area contributed by atoms with Crippen LogP contribution in [0.2, 0.25) is 0 Å². The number of carboxylic acid groups (broad SMARTS) is 1. The predicted molar refractivity (Wildman–Crippen MR) is 345 cm³/mol. The Kier molecular flexibility index (Phi) is 57.2. The van der Waals surface area contributed by atoms with Crippen LogP contribution >= 0.6 is 0 Å². The molecule has 0 saturated heterocycles. The molecule has 0 saturated carbocycles. The van der Waals surface area contributed by atoms with Gasteiger partial charge in [0.15, 0.2) is 6.10 Å². The van der Waals surface area contributed by atoms with E-state index in [1.54, 1.807) is 0 Å². The van der Waals surface area contributed by atoms with Gasteiger partial charge in [-0.25, -0.2) is 4.79 Å². The zero-order valence-electron chi connectivity index (χ0n) is 51.9. The van der Waals surface area contributed by atoms with Gasteiger partial charge in [-0.2, -0.15) is 0 Å². The van der Waals surface area contributed by atoms with Crippen molar-refractivity contribution in [3.05, 3.63) is 158 Å². The molecule has 0 amide bonds. The number of aliphatic carboxylic acids is 1. The molecule has 1 N–H and O–H groups in total. The summed E-state index contributed by atoms with van der Waals surface area (Å²) in [6.45, 7) is 4.68. The van der Waals surface area contributed by atoms with E-state index in [2.05, 4.69) is 172 Å². The fourth-order valence-corrected chi connectivity index (χ4v) is 7.93. The summed E-state index contributed by atoms with van der Waals surface area (Å²) in [4.78, 5) is 37.5. The SMILES string of the molecule is CC/C=C\C/C=C\C/C=C\C/C=C\C/C=C\C/C=C\C/C=C\C/C=C\C/C=C\C/C=C\C/C=C\CCCCCCCC(=O)OC(COC(=O)CCCCCCCCC/C=C\C/C=C\CCCCC)COC(OCC[N+](C)(C)C)C(=O)O. The zero-order valence-corrected chi connectivity index (χ0v) is 51.9. The monoisotopic (exact) mass is 1120 g/mol. The van der Waals surface area contributed by atoms with Gasteiger partial charge in [0.05, 0.1) is 34.4 Å². The van der Waals surface area contributed by atoms with Crippen LogP contribution in [0.3, 0.4) is 0 Å². The molecule has 9 heteroatoms. The standard InChI is InChI=1S/C72H115NO8/c1-6-8-10-12-14-16-18-20-22-24-25-26-27-28-29-30-31-32-33-34-35-36-37-38-39-40-41-42-43-44-45-47-49-51-53-55-57-59-61-63-70(75)81-68(67-80-72(71(76)77)78-65-64-73(3,4)5)66-79-69(74)62-60-58-56-54-52-50-48-46-23-21-19-17-15-13-11-9-7-2/h8,10,14-17,20-23,25-26,28-29,31-32,34-35,37-38,40-41,43-44,47,49,68,72H,6-7,9,11-13,18-19,24,27,30,33,36,39,42,45-46,48,50-67H2,1-5H3/p+1/b10-8-,16-14-,17-15-,22-20-,23-21-,26-25-,29-28-,32-31-,35-34-,38-37-,41-40-,44-43-,49-47-. The van der Waals surface area contributed by atoms with Crippen molar-refractivity contribution in [2.45, 2.75) is 232 Å². The number of carboxylic acids is 1. The third-order valence-corrected chi connectivity index (χ3v) is 12.8. The van der Waals surface area contributed by atoms with Crippen LogP contribution in [0.15, 0.2) is 158 Å². The minimum Gasteiger partial charge on any atom is -0.477 e. The number of hydrogen-bond acceptors (Lipinski definition) is 7. The van der Waals surface area contributed by atoms with E-state index in [1.807, 2.05) is 21.1 Å².